The summed E-state index contributed by atoms with van der Waals surface area (Å²) in [4.78, 5) is 63.8. The molecule has 1 heterocycles. The molecule has 2 aromatic rings. The van der Waals surface area contributed by atoms with Gasteiger partial charge in [-0.2, -0.15) is 0 Å². The lowest BCUT2D eigenvalue weighted by Crippen LogP contribution is -2.33. The number of carbonyl (C=O) groups is 6. The van der Waals surface area contributed by atoms with E-state index < -0.39 is 46.8 Å². The molecule has 1 amide bonds. The molecular formula is C24H24Cl2N2O10. The lowest BCUT2D eigenvalue weighted by Gasteiger charge is -2.07. The van der Waals surface area contributed by atoms with E-state index in [-0.39, 0.29) is 26.1 Å². The molecule has 1 aliphatic heterocycles. The Kier molecular flexibility index (Phi) is 14.7. The molecule has 0 spiro atoms. The first kappa shape index (κ1) is 32.0. The van der Waals surface area contributed by atoms with Gasteiger partial charge in [-0.15, -0.1) is 0 Å². The molecule has 38 heavy (non-hydrogen) atoms. The summed E-state index contributed by atoms with van der Waals surface area (Å²) in [5.74, 6) is -3.14. The third kappa shape index (κ3) is 14.5. The van der Waals surface area contributed by atoms with Crippen molar-refractivity contribution in [3.05, 3.63) is 71.8 Å². The van der Waals surface area contributed by atoms with Crippen LogP contribution in [-0.2, 0) is 46.6 Å². The van der Waals surface area contributed by atoms with Crippen LogP contribution >= 0.6 is 23.2 Å². The van der Waals surface area contributed by atoms with Gasteiger partial charge in [-0.1, -0.05) is 60.7 Å². The monoisotopic (exact) mass is 570 g/mol. The third-order valence-electron chi connectivity index (χ3n) is 4.33. The average Bonchev–Trinajstić information content (AvgIpc) is 3.18. The number of nitrogens with two attached hydrogens (primary N) is 1. The summed E-state index contributed by atoms with van der Waals surface area (Å²) in [6.45, 7) is 0.265. The maximum absolute atomic E-state index is 11.4. The molecule has 0 saturated carbocycles. The van der Waals surface area contributed by atoms with Gasteiger partial charge in [0.15, 0.2) is 0 Å². The molecule has 2 aromatic carbocycles. The van der Waals surface area contributed by atoms with Crippen LogP contribution in [0.25, 0.3) is 0 Å². The number of esters is 3. The summed E-state index contributed by atoms with van der Waals surface area (Å²) in [5.41, 5.74) is 6.88. The molecule has 0 aliphatic carbocycles. The Morgan fingerprint density at radius 1 is 0.895 bits per heavy atom. The molecule has 12 nitrogen and oxygen atoms in total. The van der Waals surface area contributed by atoms with Gasteiger partial charge in [0.1, 0.15) is 25.3 Å². The number of halogens is 2. The normalized spacial score (nSPS) is 14.2. The van der Waals surface area contributed by atoms with Gasteiger partial charge in [0.2, 0.25) is 0 Å². The van der Waals surface area contributed by atoms with Crippen LogP contribution in [0.3, 0.4) is 0 Å². The zero-order chi connectivity index (χ0) is 28.5. The van der Waals surface area contributed by atoms with Crippen LogP contribution < -0.4 is 11.1 Å². The number of alkyl carbamates (subject to hydrolysis) is 1. The minimum absolute atomic E-state index is 0.131. The largest absolute Gasteiger partial charge is 0.480 e. The van der Waals surface area contributed by atoms with E-state index in [4.69, 9.17) is 25.1 Å². The Bertz CT molecular complexity index is 1100. The number of aliphatic carboxylic acids is 1. The van der Waals surface area contributed by atoms with E-state index in [1.165, 1.54) is 0 Å². The average molecular weight is 571 g/mol. The van der Waals surface area contributed by atoms with E-state index in [2.05, 4.69) is 33.3 Å². The predicted molar refractivity (Wildman–Crippen MR) is 133 cm³/mol. The molecule has 1 aliphatic rings. The van der Waals surface area contributed by atoms with Crippen molar-refractivity contribution in [1.82, 2.24) is 5.32 Å². The zero-order valence-corrected chi connectivity index (χ0v) is 21.2. The van der Waals surface area contributed by atoms with Crippen molar-refractivity contribution >= 4 is 57.9 Å². The van der Waals surface area contributed by atoms with Crippen molar-refractivity contribution in [2.24, 2.45) is 5.73 Å². The Labute approximate surface area is 226 Å². The zero-order valence-electron chi connectivity index (χ0n) is 19.7. The van der Waals surface area contributed by atoms with E-state index in [1.54, 1.807) is 0 Å². The first-order chi connectivity index (χ1) is 18.0. The second-order valence-electron chi connectivity index (χ2n) is 7.28. The highest BCUT2D eigenvalue weighted by molar-refractivity contribution is 6.93. The lowest BCUT2D eigenvalue weighted by molar-refractivity contribution is -0.149. The standard InChI is InChI=1S/C12H11NO5.C11H13NO4.CCl2O/c14-10(6-9-11(15)18-12(16)13-9)17-7-8-4-2-1-3-5-8;12-9(11(14)15)6-10(13)16-7-8-4-2-1-3-5-8;2-1(3)4/h1-5,9H,6-7H2,(H,13,16);1-5,9H,6-7,12H2,(H,14,15);/t2*9-;/m00./s1. The molecule has 14 heteroatoms. The Morgan fingerprint density at radius 2 is 1.34 bits per heavy atom. The molecule has 1 saturated heterocycles. The number of carbonyl (C=O) groups excluding carboxylic acids is 5. The van der Waals surface area contributed by atoms with E-state index in [0.29, 0.717) is 0 Å². The molecular weight excluding hydrogens is 547 g/mol. The quantitative estimate of drug-likeness (QED) is 0.174. The van der Waals surface area contributed by atoms with Crippen molar-refractivity contribution in [1.29, 1.82) is 0 Å². The van der Waals surface area contributed by atoms with Crippen molar-refractivity contribution in [3.8, 4) is 0 Å². The van der Waals surface area contributed by atoms with Gasteiger partial charge in [-0.25, -0.2) is 9.59 Å². The molecule has 204 valence electrons. The van der Waals surface area contributed by atoms with Gasteiger partial charge in [-0.05, 0) is 34.3 Å². The number of hydrogen-bond donors (Lipinski definition) is 3. The number of benzene rings is 2. The van der Waals surface area contributed by atoms with E-state index >= 15 is 0 Å². The first-order valence-corrected chi connectivity index (χ1v) is 11.5. The van der Waals surface area contributed by atoms with Crippen LogP contribution in [0.4, 0.5) is 9.59 Å². The predicted octanol–water partition coefficient (Wildman–Crippen LogP) is 2.87. The lowest BCUT2D eigenvalue weighted by atomic mass is 10.2. The van der Waals surface area contributed by atoms with E-state index in [0.717, 1.165) is 11.1 Å². The summed E-state index contributed by atoms with van der Waals surface area (Å²) in [7, 11) is 0. The number of carboxylic acid groups (broad SMARTS) is 1. The van der Waals surface area contributed by atoms with Crippen LogP contribution in [0.2, 0.25) is 0 Å². The van der Waals surface area contributed by atoms with Gasteiger partial charge in [-0.3, -0.25) is 19.2 Å². The summed E-state index contributed by atoms with van der Waals surface area (Å²) in [6, 6.07) is 16.1. The Balaban J connectivity index is 0.000000335. The van der Waals surface area contributed by atoms with Crippen LogP contribution in [0.1, 0.15) is 24.0 Å². The second-order valence-corrected chi connectivity index (χ2v) is 8.16. The minimum atomic E-state index is -1.21. The maximum atomic E-state index is 11.4. The van der Waals surface area contributed by atoms with Gasteiger partial charge in [0.05, 0.1) is 12.8 Å². The van der Waals surface area contributed by atoms with E-state index in [1.807, 2.05) is 60.7 Å². The van der Waals surface area contributed by atoms with Gasteiger partial charge in [0, 0.05) is 0 Å². The summed E-state index contributed by atoms with van der Waals surface area (Å²) in [5, 5.41) is 10.7. The van der Waals surface area contributed by atoms with Crippen LogP contribution in [0, 0.1) is 0 Å². The van der Waals surface area contributed by atoms with Crippen molar-refractivity contribution < 1.29 is 48.1 Å². The maximum Gasteiger partial charge on any atom is 0.415 e. The molecule has 2 atom stereocenters. The Hall–Kier alpha value is -4.00. The minimum Gasteiger partial charge on any atom is -0.480 e. The highest BCUT2D eigenvalue weighted by Crippen LogP contribution is 2.07. The summed E-state index contributed by atoms with van der Waals surface area (Å²) in [6.07, 6.45) is -1.37. The smallest absolute Gasteiger partial charge is 0.415 e. The molecule has 1 fully saturated rings. The van der Waals surface area contributed by atoms with Crippen molar-refractivity contribution in [2.45, 2.75) is 38.1 Å². The van der Waals surface area contributed by atoms with Crippen molar-refractivity contribution in [3.63, 3.8) is 0 Å². The SMILES string of the molecule is N[C@@H](CC(=O)OCc1ccccc1)C(=O)O.O=C(C[C@@H]1NC(=O)OC1=O)OCc1ccccc1.O=C(Cl)Cl. The summed E-state index contributed by atoms with van der Waals surface area (Å²) >= 11 is 8.80. The number of cyclic esters (lactones) is 2. The van der Waals surface area contributed by atoms with E-state index in [9.17, 15) is 24.0 Å². The molecule has 0 radical (unpaired) electrons. The molecule has 0 unspecified atom stereocenters. The number of nitrogens with one attached hydrogen (secondary N) is 1. The highest BCUT2D eigenvalue weighted by atomic mass is 35.5. The fraction of sp³-hybridized carbons (Fsp3) is 0.250. The van der Waals surface area contributed by atoms with Crippen LogP contribution in [0.15, 0.2) is 60.7 Å². The second kappa shape index (κ2) is 17.5. The number of hydrogen-bond acceptors (Lipinski definition) is 10. The number of amides is 1. The molecule has 3 rings (SSSR count). The number of rotatable bonds is 9. The molecule has 0 bridgehead atoms. The fourth-order valence-electron chi connectivity index (χ4n) is 2.56. The Morgan fingerprint density at radius 3 is 1.74 bits per heavy atom. The van der Waals surface area contributed by atoms with Gasteiger partial charge >= 0.3 is 34.7 Å². The van der Waals surface area contributed by atoms with Crippen LogP contribution in [0.5, 0.6) is 0 Å². The molecule has 4 N–H and O–H groups in total. The highest BCUT2D eigenvalue weighted by Gasteiger charge is 2.34. The first-order valence-electron chi connectivity index (χ1n) is 10.7. The molecule has 0 aromatic heterocycles. The number of ether oxygens (including phenoxy) is 3. The topological polar surface area (TPSA) is 188 Å². The van der Waals surface area contributed by atoms with Crippen LogP contribution in [-0.4, -0.2) is 51.9 Å². The van der Waals surface area contributed by atoms with Crippen molar-refractivity contribution in [2.75, 3.05) is 0 Å². The van der Waals surface area contributed by atoms with Gasteiger partial charge < -0.3 is 30.4 Å². The third-order valence-corrected chi connectivity index (χ3v) is 4.33. The number of carboxylic acids is 1. The fourth-order valence-corrected chi connectivity index (χ4v) is 2.56. The van der Waals surface area contributed by atoms with Gasteiger partial charge in [0.25, 0.3) is 0 Å². The summed E-state index contributed by atoms with van der Waals surface area (Å²) < 4.78 is 13.2.